The Morgan fingerprint density at radius 3 is 2.80 bits per heavy atom. The quantitative estimate of drug-likeness (QED) is 0.274. The average molecular weight is 478 g/mol. The van der Waals surface area contributed by atoms with E-state index in [0.29, 0.717) is 6.04 Å². The molecular formula is C18H31IN4OS. The number of unbranched alkanes of at least 4 members (excludes halogenated alkanes) is 1. The number of guanidine groups is 1. The minimum atomic E-state index is 0. The van der Waals surface area contributed by atoms with Gasteiger partial charge < -0.3 is 15.2 Å². The largest absolute Gasteiger partial charge is 0.356 e. The molecular weight excluding hydrogens is 447 g/mol. The summed E-state index contributed by atoms with van der Waals surface area (Å²) < 4.78 is 1.84. The summed E-state index contributed by atoms with van der Waals surface area (Å²) >= 11 is 1.97. The number of aliphatic imine (C=N–C) groups is 1. The molecule has 2 unspecified atom stereocenters. The Morgan fingerprint density at radius 1 is 1.36 bits per heavy atom. The molecule has 1 heterocycles. The number of halogens is 1. The van der Waals surface area contributed by atoms with Crippen molar-refractivity contribution >= 4 is 41.7 Å². The van der Waals surface area contributed by atoms with Crippen molar-refractivity contribution in [3.05, 3.63) is 34.2 Å². The van der Waals surface area contributed by atoms with Gasteiger partial charge in [0, 0.05) is 43.2 Å². The van der Waals surface area contributed by atoms with Gasteiger partial charge in [-0.2, -0.15) is 11.8 Å². The number of nitrogens with zero attached hydrogens (tertiary/aromatic N) is 2. The predicted molar refractivity (Wildman–Crippen MR) is 120 cm³/mol. The van der Waals surface area contributed by atoms with E-state index in [1.807, 2.05) is 42.4 Å². The molecule has 7 heteroatoms. The fourth-order valence-corrected chi connectivity index (χ4v) is 3.98. The second-order valence-electron chi connectivity index (χ2n) is 6.38. The van der Waals surface area contributed by atoms with Crippen LogP contribution in [-0.2, 0) is 6.54 Å². The van der Waals surface area contributed by atoms with Crippen LogP contribution >= 0.6 is 35.7 Å². The number of aromatic nitrogens is 1. The molecule has 0 saturated heterocycles. The number of nitrogens with one attached hydrogen (secondary N) is 2. The third-order valence-corrected chi connectivity index (χ3v) is 5.75. The standard InChI is InChI=1S/C18H30N4OS.HI/c1-14-7-6-8-17(23)22(14)12-5-4-11-20-18(19-2)21-15-9-10-16(13-15)24-3;/h6-8,15-16H,4-5,9-13H2,1-3H3,(H2,19,20,21);1H. The molecule has 0 aliphatic heterocycles. The molecule has 0 aromatic carbocycles. The summed E-state index contributed by atoms with van der Waals surface area (Å²) in [6.07, 6.45) is 7.92. The van der Waals surface area contributed by atoms with Crippen molar-refractivity contribution in [3.63, 3.8) is 0 Å². The molecule has 0 amide bonds. The maximum atomic E-state index is 11.8. The van der Waals surface area contributed by atoms with E-state index in [4.69, 9.17) is 0 Å². The molecule has 25 heavy (non-hydrogen) atoms. The third kappa shape index (κ3) is 7.21. The van der Waals surface area contributed by atoms with E-state index in [9.17, 15) is 4.79 Å². The smallest absolute Gasteiger partial charge is 0.250 e. The summed E-state index contributed by atoms with van der Waals surface area (Å²) in [5.41, 5.74) is 1.11. The van der Waals surface area contributed by atoms with Gasteiger partial charge in [-0.15, -0.1) is 24.0 Å². The van der Waals surface area contributed by atoms with Gasteiger partial charge in [-0.05, 0) is 51.3 Å². The normalized spacial score (nSPS) is 20.2. The first-order valence-corrected chi connectivity index (χ1v) is 10.1. The highest BCUT2D eigenvalue weighted by Gasteiger charge is 2.24. The highest BCUT2D eigenvalue weighted by Crippen LogP contribution is 2.27. The van der Waals surface area contributed by atoms with E-state index in [-0.39, 0.29) is 29.5 Å². The highest BCUT2D eigenvalue weighted by molar-refractivity contribution is 14.0. The van der Waals surface area contributed by atoms with Crippen LogP contribution in [0.4, 0.5) is 0 Å². The van der Waals surface area contributed by atoms with E-state index < -0.39 is 0 Å². The molecule has 1 saturated carbocycles. The molecule has 1 aromatic rings. The number of rotatable bonds is 7. The van der Waals surface area contributed by atoms with Crippen LogP contribution in [0.1, 0.15) is 37.8 Å². The second kappa shape index (κ2) is 11.8. The van der Waals surface area contributed by atoms with Crippen LogP contribution in [0.15, 0.2) is 28.0 Å². The lowest BCUT2D eigenvalue weighted by Gasteiger charge is -2.17. The topological polar surface area (TPSA) is 58.4 Å². The number of aryl methyl sites for hydroxylation is 1. The van der Waals surface area contributed by atoms with Crippen LogP contribution < -0.4 is 16.2 Å². The molecule has 1 aliphatic rings. The van der Waals surface area contributed by atoms with Gasteiger partial charge in [-0.3, -0.25) is 9.79 Å². The van der Waals surface area contributed by atoms with Crippen molar-refractivity contribution in [2.24, 2.45) is 4.99 Å². The molecule has 5 nitrogen and oxygen atoms in total. The molecule has 0 bridgehead atoms. The van der Waals surface area contributed by atoms with Gasteiger partial charge in [0.15, 0.2) is 5.96 Å². The Morgan fingerprint density at radius 2 is 2.16 bits per heavy atom. The number of hydrogen-bond acceptors (Lipinski definition) is 3. The average Bonchev–Trinajstić information content (AvgIpc) is 3.03. The summed E-state index contributed by atoms with van der Waals surface area (Å²) in [6.45, 7) is 3.63. The van der Waals surface area contributed by atoms with Crippen molar-refractivity contribution < 1.29 is 0 Å². The Bertz CT molecular complexity index is 605. The van der Waals surface area contributed by atoms with Gasteiger partial charge in [0.05, 0.1) is 0 Å². The van der Waals surface area contributed by atoms with Gasteiger partial charge in [0.25, 0.3) is 5.56 Å². The van der Waals surface area contributed by atoms with Gasteiger partial charge in [-0.1, -0.05) is 6.07 Å². The van der Waals surface area contributed by atoms with Gasteiger partial charge in [0.2, 0.25) is 0 Å². The zero-order valence-corrected chi connectivity index (χ0v) is 18.6. The van der Waals surface area contributed by atoms with E-state index in [2.05, 4.69) is 21.9 Å². The van der Waals surface area contributed by atoms with E-state index >= 15 is 0 Å². The van der Waals surface area contributed by atoms with Gasteiger partial charge in [-0.25, -0.2) is 0 Å². The van der Waals surface area contributed by atoms with Crippen LogP contribution in [0, 0.1) is 6.92 Å². The molecule has 0 radical (unpaired) electrons. The SMILES string of the molecule is CN=C(NCCCCn1c(C)cccc1=O)NC1CCC(SC)C1.I. The summed E-state index contributed by atoms with van der Waals surface area (Å²) in [4.78, 5) is 16.1. The van der Waals surface area contributed by atoms with Crippen molar-refractivity contribution in [1.29, 1.82) is 0 Å². The van der Waals surface area contributed by atoms with E-state index in [0.717, 1.165) is 42.8 Å². The number of hydrogen-bond donors (Lipinski definition) is 2. The third-order valence-electron chi connectivity index (χ3n) is 4.65. The number of thioether (sulfide) groups is 1. The zero-order chi connectivity index (χ0) is 17.4. The van der Waals surface area contributed by atoms with Crippen LogP contribution in [0.2, 0.25) is 0 Å². The molecule has 2 rings (SSSR count). The fourth-order valence-electron chi connectivity index (χ4n) is 3.18. The maximum absolute atomic E-state index is 11.8. The Hall–Kier alpha value is -0.700. The number of pyridine rings is 1. The molecule has 0 spiro atoms. The van der Waals surface area contributed by atoms with Crippen molar-refractivity contribution in [2.45, 2.75) is 56.9 Å². The molecule has 1 aromatic heterocycles. The zero-order valence-electron chi connectivity index (χ0n) is 15.5. The van der Waals surface area contributed by atoms with Crippen molar-refractivity contribution in [1.82, 2.24) is 15.2 Å². The minimum absolute atomic E-state index is 0. The molecule has 1 aliphatic carbocycles. The molecule has 2 atom stereocenters. The van der Waals surface area contributed by atoms with Crippen LogP contribution in [0.5, 0.6) is 0 Å². The molecule has 142 valence electrons. The first-order chi connectivity index (χ1) is 11.6. The summed E-state index contributed by atoms with van der Waals surface area (Å²) in [6, 6.07) is 5.96. The lowest BCUT2D eigenvalue weighted by molar-refractivity contribution is 0.568. The molecule has 2 N–H and O–H groups in total. The van der Waals surface area contributed by atoms with E-state index in [1.54, 1.807) is 6.07 Å². The summed E-state index contributed by atoms with van der Waals surface area (Å²) in [5.74, 6) is 0.898. The van der Waals surface area contributed by atoms with Crippen LogP contribution in [0.25, 0.3) is 0 Å². The van der Waals surface area contributed by atoms with Crippen LogP contribution in [-0.4, -0.2) is 41.7 Å². The molecule has 1 fully saturated rings. The first kappa shape index (κ1) is 22.3. The Balaban J connectivity index is 0.00000312. The first-order valence-electron chi connectivity index (χ1n) is 8.80. The lowest BCUT2D eigenvalue weighted by Crippen LogP contribution is -2.42. The fraction of sp³-hybridized carbons (Fsp3) is 0.667. The minimum Gasteiger partial charge on any atom is -0.356 e. The Labute approximate surface area is 172 Å². The lowest BCUT2D eigenvalue weighted by atomic mass is 10.2. The van der Waals surface area contributed by atoms with Gasteiger partial charge in [0.1, 0.15) is 0 Å². The summed E-state index contributed by atoms with van der Waals surface area (Å²) in [7, 11) is 1.82. The second-order valence-corrected chi connectivity index (χ2v) is 7.51. The highest BCUT2D eigenvalue weighted by atomic mass is 127. The maximum Gasteiger partial charge on any atom is 0.250 e. The summed E-state index contributed by atoms with van der Waals surface area (Å²) in [5, 5.41) is 7.70. The Kier molecular flexibility index (Phi) is 10.6. The monoisotopic (exact) mass is 478 g/mol. The predicted octanol–water partition coefficient (Wildman–Crippen LogP) is 3.00. The van der Waals surface area contributed by atoms with Crippen molar-refractivity contribution in [2.75, 3.05) is 19.8 Å². The van der Waals surface area contributed by atoms with Crippen molar-refractivity contribution in [3.8, 4) is 0 Å². The van der Waals surface area contributed by atoms with E-state index in [1.165, 1.54) is 19.3 Å². The van der Waals surface area contributed by atoms with Gasteiger partial charge >= 0.3 is 0 Å². The van der Waals surface area contributed by atoms with Crippen LogP contribution in [0.3, 0.4) is 0 Å².